The van der Waals surface area contributed by atoms with Gasteiger partial charge >= 0.3 is 0 Å². The smallest absolute Gasteiger partial charge is 0.211 e. The van der Waals surface area contributed by atoms with Crippen LogP contribution in [0.1, 0.15) is 31.7 Å². The number of hydrogen-bond donors (Lipinski definition) is 2. The van der Waals surface area contributed by atoms with Crippen molar-refractivity contribution in [2.45, 2.75) is 26.2 Å². The van der Waals surface area contributed by atoms with E-state index in [0.717, 1.165) is 24.8 Å². The molecule has 20 heavy (non-hydrogen) atoms. The predicted octanol–water partition coefficient (Wildman–Crippen LogP) is 1.87. The van der Waals surface area contributed by atoms with Gasteiger partial charge in [0.15, 0.2) is 11.5 Å². The number of guanidine groups is 1. The van der Waals surface area contributed by atoms with E-state index in [9.17, 15) is 0 Å². The Balaban J connectivity index is 2.74. The first kappa shape index (κ1) is 15.8. The Morgan fingerprint density at radius 2 is 2.05 bits per heavy atom. The van der Waals surface area contributed by atoms with Crippen LogP contribution >= 0.6 is 0 Å². The van der Waals surface area contributed by atoms with Crippen molar-refractivity contribution in [1.82, 2.24) is 0 Å². The van der Waals surface area contributed by atoms with Gasteiger partial charge in [0.2, 0.25) is 5.96 Å². The molecule has 1 aromatic rings. The molecule has 0 bridgehead atoms. The summed E-state index contributed by atoms with van der Waals surface area (Å²) in [7, 11) is 1.61. The van der Waals surface area contributed by atoms with Crippen LogP contribution in [0.5, 0.6) is 11.5 Å². The molecule has 0 heterocycles. The first-order valence-electron chi connectivity index (χ1n) is 6.60. The number of hydrogen-bond acceptors (Lipinski definition) is 4. The summed E-state index contributed by atoms with van der Waals surface area (Å²) in [5, 5.41) is 7.31. The molecular weight excluding hydrogens is 256 g/mol. The van der Waals surface area contributed by atoms with E-state index in [1.807, 2.05) is 18.2 Å². The van der Waals surface area contributed by atoms with Crippen LogP contribution in [0.4, 0.5) is 0 Å². The number of rotatable bonds is 8. The first-order chi connectivity index (χ1) is 9.67. The van der Waals surface area contributed by atoms with E-state index in [2.05, 4.69) is 17.1 Å². The number of benzene rings is 1. The predicted molar refractivity (Wildman–Crippen MR) is 81.4 cm³/mol. The second kappa shape index (κ2) is 8.79. The van der Waals surface area contributed by atoms with Gasteiger partial charge in [-0.1, -0.05) is 19.8 Å². The summed E-state index contributed by atoms with van der Waals surface area (Å²) in [6.07, 6.45) is 4.88. The quantitative estimate of drug-likeness (QED) is 0.328. The fraction of sp³-hybridized carbons (Fsp3) is 0.429. The molecule has 0 saturated heterocycles. The third kappa shape index (κ3) is 5.60. The van der Waals surface area contributed by atoms with Crippen LogP contribution in [-0.2, 0) is 0 Å². The number of ether oxygens (including phenoxy) is 2. The molecule has 4 N–H and O–H groups in total. The fourth-order valence-corrected chi connectivity index (χ4v) is 1.58. The Labute approximate surface area is 119 Å². The second-order valence-corrected chi connectivity index (χ2v) is 4.24. The minimum absolute atomic E-state index is 0.0780. The fourth-order valence-electron chi connectivity index (χ4n) is 1.58. The zero-order valence-electron chi connectivity index (χ0n) is 12.0. The van der Waals surface area contributed by atoms with Crippen LogP contribution < -0.4 is 20.9 Å². The number of nitrogens with zero attached hydrogens (tertiary/aromatic N) is 2. The zero-order valence-corrected chi connectivity index (χ0v) is 12.0. The Morgan fingerprint density at radius 1 is 1.25 bits per heavy atom. The van der Waals surface area contributed by atoms with Gasteiger partial charge in [-0.3, -0.25) is 0 Å². The average molecular weight is 278 g/mol. The van der Waals surface area contributed by atoms with Gasteiger partial charge in [-0.2, -0.15) is 5.10 Å². The summed E-state index contributed by atoms with van der Waals surface area (Å²) in [6.45, 7) is 2.82. The number of nitrogens with two attached hydrogens (primary N) is 2. The monoisotopic (exact) mass is 278 g/mol. The molecular formula is C14H22N4O2. The van der Waals surface area contributed by atoms with Crippen LogP contribution in [0.25, 0.3) is 0 Å². The molecule has 0 atom stereocenters. The summed E-state index contributed by atoms with van der Waals surface area (Å²) in [4.78, 5) is 0. The lowest BCUT2D eigenvalue weighted by Crippen LogP contribution is -2.21. The highest BCUT2D eigenvalue weighted by Crippen LogP contribution is 2.27. The maximum Gasteiger partial charge on any atom is 0.211 e. The molecule has 0 aliphatic carbocycles. The van der Waals surface area contributed by atoms with E-state index < -0.39 is 0 Å². The minimum atomic E-state index is -0.0780. The average Bonchev–Trinajstić information content (AvgIpc) is 2.43. The summed E-state index contributed by atoms with van der Waals surface area (Å²) in [5.74, 6) is 1.31. The van der Waals surface area contributed by atoms with Gasteiger partial charge in [0, 0.05) is 0 Å². The van der Waals surface area contributed by atoms with E-state index in [4.69, 9.17) is 20.9 Å². The summed E-state index contributed by atoms with van der Waals surface area (Å²) >= 11 is 0. The Morgan fingerprint density at radius 3 is 2.70 bits per heavy atom. The van der Waals surface area contributed by atoms with Crippen molar-refractivity contribution < 1.29 is 9.47 Å². The van der Waals surface area contributed by atoms with Gasteiger partial charge in [0.1, 0.15) is 0 Å². The van der Waals surface area contributed by atoms with Crippen molar-refractivity contribution in [2.75, 3.05) is 13.7 Å². The lowest BCUT2D eigenvalue weighted by molar-refractivity contribution is 0.286. The van der Waals surface area contributed by atoms with Crippen molar-refractivity contribution in [2.24, 2.45) is 21.7 Å². The molecule has 0 spiro atoms. The maximum atomic E-state index is 5.73. The van der Waals surface area contributed by atoms with Crippen molar-refractivity contribution in [1.29, 1.82) is 0 Å². The number of unbranched alkanes of at least 4 members (excludes halogenated alkanes) is 2. The summed E-state index contributed by atoms with van der Waals surface area (Å²) in [5.41, 5.74) is 11.2. The largest absolute Gasteiger partial charge is 0.493 e. The van der Waals surface area contributed by atoms with Crippen LogP contribution in [0.15, 0.2) is 28.4 Å². The SMILES string of the molecule is CCCCCOc1cc(C=NN=C(N)N)ccc1OC. The molecule has 1 rings (SSSR count). The molecule has 110 valence electrons. The van der Waals surface area contributed by atoms with Crippen molar-refractivity contribution in [3.8, 4) is 11.5 Å². The van der Waals surface area contributed by atoms with E-state index in [1.54, 1.807) is 13.3 Å². The number of methoxy groups -OCH3 is 1. The minimum Gasteiger partial charge on any atom is -0.493 e. The first-order valence-corrected chi connectivity index (χ1v) is 6.60. The van der Waals surface area contributed by atoms with Crippen LogP contribution in [-0.4, -0.2) is 25.9 Å². The Bertz CT molecular complexity index is 468. The summed E-state index contributed by atoms with van der Waals surface area (Å²) < 4.78 is 11.0. The molecule has 0 saturated carbocycles. The Hall–Kier alpha value is -2.24. The summed E-state index contributed by atoms with van der Waals surface area (Å²) in [6, 6.07) is 5.52. The van der Waals surface area contributed by atoms with Gasteiger partial charge in [0.25, 0.3) is 0 Å². The molecule has 0 aliphatic rings. The van der Waals surface area contributed by atoms with Crippen LogP contribution in [0.2, 0.25) is 0 Å². The van der Waals surface area contributed by atoms with E-state index in [1.165, 1.54) is 0 Å². The van der Waals surface area contributed by atoms with Crippen molar-refractivity contribution in [3.63, 3.8) is 0 Å². The lowest BCUT2D eigenvalue weighted by Gasteiger charge is -2.11. The standard InChI is InChI=1S/C14H22N4O2/c1-3-4-5-8-20-13-9-11(6-7-12(13)19-2)10-17-18-14(15)16/h6-7,9-10H,3-5,8H2,1-2H3,(H4,15,16,18). The maximum absolute atomic E-state index is 5.73. The van der Waals surface area contributed by atoms with E-state index >= 15 is 0 Å². The highest BCUT2D eigenvalue weighted by molar-refractivity contribution is 5.82. The molecule has 0 aromatic heterocycles. The third-order valence-corrected chi connectivity index (χ3v) is 2.57. The zero-order chi connectivity index (χ0) is 14.8. The second-order valence-electron chi connectivity index (χ2n) is 4.24. The van der Waals surface area contributed by atoms with E-state index in [0.29, 0.717) is 18.1 Å². The van der Waals surface area contributed by atoms with Crippen LogP contribution in [0.3, 0.4) is 0 Å². The normalized spacial score (nSPS) is 10.5. The van der Waals surface area contributed by atoms with Crippen molar-refractivity contribution in [3.05, 3.63) is 23.8 Å². The molecule has 0 radical (unpaired) electrons. The molecule has 0 amide bonds. The van der Waals surface area contributed by atoms with Gasteiger partial charge in [-0.25, -0.2) is 0 Å². The molecule has 1 aromatic carbocycles. The van der Waals surface area contributed by atoms with E-state index in [-0.39, 0.29) is 5.96 Å². The molecule has 6 nitrogen and oxygen atoms in total. The molecule has 6 heteroatoms. The van der Waals surface area contributed by atoms with Gasteiger partial charge in [-0.05, 0) is 30.2 Å². The molecule has 0 fully saturated rings. The topological polar surface area (TPSA) is 95.2 Å². The Kier molecular flexibility index (Phi) is 6.95. The van der Waals surface area contributed by atoms with Gasteiger partial charge < -0.3 is 20.9 Å². The van der Waals surface area contributed by atoms with Crippen molar-refractivity contribution >= 4 is 12.2 Å². The molecule has 0 unspecified atom stereocenters. The van der Waals surface area contributed by atoms with Gasteiger partial charge in [0.05, 0.1) is 19.9 Å². The highest BCUT2D eigenvalue weighted by Gasteiger charge is 2.04. The van der Waals surface area contributed by atoms with Crippen LogP contribution in [0, 0.1) is 0 Å². The highest BCUT2D eigenvalue weighted by atomic mass is 16.5. The van der Waals surface area contributed by atoms with Gasteiger partial charge in [-0.15, -0.1) is 5.10 Å². The lowest BCUT2D eigenvalue weighted by atomic mass is 10.2. The third-order valence-electron chi connectivity index (χ3n) is 2.57. The molecule has 0 aliphatic heterocycles.